The van der Waals surface area contributed by atoms with Crippen LogP contribution in [0.4, 0.5) is 0 Å². The average Bonchev–Trinajstić information content (AvgIpc) is 3.50. The molecule has 0 bridgehead atoms. The Morgan fingerprint density at radius 2 is 0.457 bits per heavy atom. The maximum absolute atomic E-state index is 10.4. The second kappa shape index (κ2) is 14.4. The molecule has 3 aliphatic carbocycles. The molecule has 186 valence electrons. The summed E-state index contributed by atoms with van der Waals surface area (Å²) in [5.74, 6) is -9.03. The second-order valence-corrected chi connectivity index (χ2v) is 8.59. The monoisotopic (exact) mass is 522 g/mol. The largest absolute Gasteiger partial charge is 3.00 e. The molecule has 0 aliphatic heterocycles. The van der Waals surface area contributed by atoms with Gasteiger partial charge in [-0.3, -0.25) is 0 Å². The molecular weight excluding hydrogens is 498 g/mol. The summed E-state index contributed by atoms with van der Waals surface area (Å²) in [4.78, 5) is 62.6. The van der Waals surface area contributed by atoms with Crippen molar-refractivity contribution in [1.29, 1.82) is 0 Å². The smallest absolute Gasteiger partial charge is 0.549 e. The number of carbonyl (C=O) groups excluding carboxylic acids is 6. The third kappa shape index (κ3) is 7.68. The van der Waals surface area contributed by atoms with Crippen LogP contribution in [0.3, 0.4) is 0 Å². The Hall–Kier alpha value is -2.12. The van der Waals surface area contributed by atoms with Crippen LogP contribution < -0.4 is 30.6 Å². The van der Waals surface area contributed by atoms with E-state index in [-0.39, 0.29) is 73.2 Å². The summed E-state index contributed by atoms with van der Waals surface area (Å²) >= 11 is 0. The van der Waals surface area contributed by atoms with Gasteiger partial charge in [-0.1, -0.05) is 38.5 Å². The van der Waals surface area contributed by atoms with E-state index in [2.05, 4.69) is 0 Å². The summed E-state index contributed by atoms with van der Waals surface area (Å²) in [6.07, 6.45) is 4.66. The van der Waals surface area contributed by atoms with Crippen LogP contribution in [0.1, 0.15) is 77.0 Å². The predicted molar refractivity (Wildman–Crippen MR) is 104 cm³/mol. The Balaban J connectivity index is 0. The van der Waals surface area contributed by atoms with Crippen molar-refractivity contribution in [2.24, 2.45) is 16.2 Å². The molecule has 0 N–H and O–H groups in total. The van der Waals surface area contributed by atoms with E-state index in [1.807, 2.05) is 0 Å². The molecule has 12 nitrogen and oxygen atoms in total. The topological polar surface area (TPSA) is 241 Å². The van der Waals surface area contributed by atoms with E-state index in [1.54, 1.807) is 0 Å². The van der Waals surface area contributed by atoms with Crippen molar-refractivity contribution in [3.8, 4) is 0 Å². The maximum Gasteiger partial charge on any atom is 3.00 e. The van der Waals surface area contributed by atoms with Crippen LogP contribution in [0.25, 0.3) is 0 Å². The van der Waals surface area contributed by atoms with Crippen LogP contribution in [-0.4, -0.2) is 70.5 Å². The summed E-state index contributed by atoms with van der Waals surface area (Å²) in [6.45, 7) is 0. The fourth-order valence-corrected chi connectivity index (χ4v) is 4.41. The van der Waals surface area contributed by atoms with Crippen molar-refractivity contribution >= 4 is 70.5 Å². The van der Waals surface area contributed by atoms with Gasteiger partial charge in [-0.2, -0.15) is 0 Å². The molecule has 0 amide bonds. The van der Waals surface area contributed by atoms with Gasteiger partial charge in [0.1, 0.15) is 0 Å². The van der Waals surface area contributed by atoms with Crippen LogP contribution in [0.2, 0.25) is 0 Å². The molecule has 0 aromatic carbocycles. The third-order valence-corrected chi connectivity index (χ3v) is 6.72. The first-order valence-electron chi connectivity index (χ1n) is 10.6. The Kier molecular flexibility index (Phi) is 14.5. The van der Waals surface area contributed by atoms with Gasteiger partial charge in [0.25, 0.3) is 0 Å². The molecule has 0 aromatic rings. The Morgan fingerprint density at radius 3 is 0.514 bits per heavy atom. The number of carbonyl (C=O) groups is 6. The molecular formula is C21H24Al2O12. The molecule has 0 atom stereocenters. The Labute approximate surface area is 223 Å². The van der Waals surface area contributed by atoms with Crippen molar-refractivity contribution in [3.63, 3.8) is 0 Å². The minimum atomic E-state index is -1.69. The fourth-order valence-electron chi connectivity index (χ4n) is 4.41. The number of carboxylic acids is 6. The van der Waals surface area contributed by atoms with Gasteiger partial charge in [-0.15, -0.1) is 0 Å². The first kappa shape index (κ1) is 35.0. The van der Waals surface area contributed by atoms with E-state index >= 15 is 0 Å². The van der Waals surface area contributed by atoms with Crippen LogP contribution in [0.5, 0.6) is 0 Å². The Morgan fingerprint density at radius 1 is 0.343 bits per heavy atom. The van der Waals surface area contributed by atoms with Crippen LogP contribution in [0.15, 0.2) is 0 Å². The fraction of sp³-hybridized carbons (Fsp3) is 0.714. The molecule has 3 rings (SSSR count). The van der Waals surface area contributed by atoms with Crippen molar-refractivity contribution in [1.82, 2.24) is 0 Å². The molecule has 35 heavy (non-hydrogen) atoms. The molecule has 3 fully saturated rings. The van der Waals surface area contributed by atoms with Crippen LogP contribution in [0, 0.1) is 16.2 Å². The Bertz CT molecular complexity index is 640. The summed E-state index contributed by atoms with van der Waals surface area (Å²) in [6, 6.07) is 0. The van der Waals surface area contributed by atoms with Gasteiger partial charge in [-0.25, -0.2) is 0 Å². The normalized spacial score (nSPS) is 20.2. The van der Waals surface area contributed by atoms with E-state index < -0.39 is 52.1 Å². The number of carboxylic acid groups (broad SMARTS) is 6. The molecule has 0 unspecified atom stereocenters. The zero-order chi connectivity index (χ0) is 25.4. The third-order valence-electron chi connectivity index (χ3n) is 6.72. The maximum atomic E-state index is 10.4. The van der Waals surface area contributed by atoms with Crippen LogP contribution in [-0.2, 0) is 28.8 Å². The molecule has 0 heterocycles. The SMILES string of the molecule is O=C([O-])C1(C(=O)[O-])CCCC1.O=C([O-])C1(C(=O)[O-])CCCC1.O=C([O-])C1(C(=O)[O-])CCCC1.[Al+3].[Al+3]. The summed E-state index contributed by atoms with van der Waals surface area (Å²) in [5, 5.41) is 62.6. The number of rotatable bonds is 6. The molecule has 14 heteroatoms. The number of hydrogen-bond acceptors (Lipinski definition) is 12. The molecule has 3 aliphatic rings. The molecule has 0 aromatic heterocycles. The summed E-state index contributed by atoms with van der Waals surface area (Å²) < 4.78 is 0. The average molecular weight is 522 g/mol. The van der Waals surface area contributed by atoms with Crippen molar-refractivity contribution in [2.75, 3.05) is 0 Å². The van der Waals surface area contributed by atoms with Crippen molar-refractivity contribution in [3.05, 3.63) is 0 Å². The first-order chi connectivity index (χ1) is 15.3. The van der Waals surface area contributed by atoms with Gasteiger partial charge in [0.15, 0.2) is 0 Å². The molecule has 0 radical (unpaired) electrons. The van der Waals surface area contributed by atoms with E-state index in [4.69, 9.17) is 0 Å². The summed E-state index contributed by atoms with van der Waals surface area (Å²) in [5.41, 5.74) is -5.08. The van der Waals surface area contributed by atoms with Gasteiger partial charge in [0, 0.05) is 16.2 Å². The van der Waals surface area contributed by atoms with Crippen LogP contribution >= 0.6 is 0 Å². The standard InChI is InChI=1S/3C7H10O4.2Al/c3*8-5(9)7(6(10)11)3-1-2-4-7;;/h3*1-4H2,(H,8,9)(H,10,11);;/q;;;2*+3/p-6. The van der Waals surface area contributed by atoms with Crippen molar-refractivity contribution < 1.29 is 59.4 Å². The first-order valence-corrected chi connectivity index (χ1v) is 10.6. The summed E-state index contributed by atoms with van der Waals surface area (Å²) in [7, 11) is 0. The van der Waals surface area contributed by atoms with Gasteiger partial charge in [0.05, 0.1) is 35.8 Å². The zero-order valence-corrected chi connectivity index (χ0v) is 21.3. The van der Waals surface area contributed by atoms with Gasteiger partial charge < -0.3 is 59.4 Å². The second-order valence-electron chi connectivity index (χ2n) is 8.59. The van der Waals surface area contributed by atoms with Crippen molar-refractivity contribution in [2.45, 2.75) is 77.0 Å². The zero-order valence-electron chi connectivity index (χ0n) is 19.0. The number of hydrogen-bond donors (Lipinski definition) is 0. The quantitative estimate of drug-likeness (QED) is 0.233. The van der Waals surface area contributed by atoms with E-state index in [0.29, 0.717) is 38.5 Å². The minimum Gasteiger partial charge on any atom is -0.549 e. The van der Waals surface area contributed by atoms with Gasteiger partial charge >= 0.3 is 34.7 Å². The molecule has 3 saturated carbocycles. The molecule has 0 saturated heterocycles. The van der Waals surface area contributed by atoms with E-state index in [0.717, 1.165) is 0 Å². The minimum absolute atomic E-state index is 0. The molecule has 0 spiro atoms. The van der Waals surface area contributed by atoms with Gasteiger partial charge in [-0.05, 0) is 38.5 Å². The van der Waals surface area contributed by atoms with E-state index in [1.165, 1.54) is 0 Å². The van der Waals surface area contributed by atoms with Gasteiger partial charge in [0.2, 0.25) is 0 Å². The van der Waals surface area contributed by atoms with E-state index in [9.17, 15) is 59.4 Å². The number of aliphatic carboxylic acids is 6. The predicted octanol–water partition coefficient (Wildman–Crippen LogP) is -6.62.